The molecule has 76 valence electrons. The molecule has 0 aliphatic carbocycles. The molecule has 0 fully saturated rings. The average molecular weight is 213 g/mol. The van der Waals surface area contributed by atoms with Crippen molar-refractivity contribution in [2.24, 2.45) is 5.92 Å². The highest BCUT2D eigenvalue weighted by Crippen LogP contribution is 2.11. The molecular formula is C9H13ClN4. The van der Waals surface area contributed by atoms with Gasteiger partial charge in [0.05, 0.1) is 12.0 Å². The fourth-order valence-corrected chi connectivity index (χ4v) is 1.38. The van der Waals surface area contributed by atoms with Gasteiger partial charge in [-0.3, -0.25) is 0 Å². The first kappa shape index (κ1) is 11.0. The fourth-order valence-electron chi connectivity index (χ4n) is 1.21. The van der Waals surface area contributed by atoms with E-state index in [0.717, 1.165) is 5.82 Å². The number of aromatic nitrogens is 3. The number of rotatable bonds is 4. The van der Waals surface area contributed by atoms with Crippen LogP contribution in [0.25, 0.3) is 0 Å². The molecule has 0 aliphatic heterocycles. The van der Waals surface area contributed by atoms with E-state index in [1.165, 1.54) is 6.33 Å². The molecule has 4 nitrogen and oxygen atoms in total. The molecule has 1 heterocycles. The SMILES string of the molecule is CC(C)n1ncnc1CC(C#N)CCl. The van der Waals surface area contributed by atoms with Crippen molar-refractivity contribution in [3.05, 3.63) is 12.2 Å². The van der Waals surface area contributed by atoms with Gasteiger partial charge in [-0.25, -0.2) is 9.67 Å². The smallest absolute Gasteiger partial charge is 0.138 e. The van der Waals surface area contributed by atoms with E-state index >= 15 is 0 Å². The summed E-state index contributed by atoms with van der Waals surface area (Å²) in [5, 5.41) is 12.9. The number of alkyl halides is 1. The summed E-state index contributed by atoms with van der Waals surface area (Å²) in [6.07, 6.45) is 2.08. The van der Waals surface area contributed by atoms with Crippen molar-refractivity contribution in [1.82, 2.24) is 14.8 Å². The highest BCUT2D eigenvalue weighted by molar-refractivity contribution is 6.18. The minimum atomic E-state index is -0.182. The monoisotopic (exact) mass is 212 g/mol. The number of hydrogen-bond acceptors (Lipinski definition) is 3. The van der Waals surface area contributed by atoms with Crippen LogP contribution >= 0.6 is 11.6 Å². The summed E-state index contributed by atoms with van der Waals surface area (Å²) >= 11 is 5.64. The van der Waals surface area contributed by atoms with Gasteiger partial charge < -0.3 is 0 Å². The van der Waals surface area contributed by atoms with Gasteiger partial charge in [0.2, 0.25) is 0 Å². The third kappa shape index (κ3) is 2.46. The van der Waals surface area contributed by atoms with Crippen LogP contribution in [0.1, 0.15) is 25.7 Å². The van der Waals surface area contributed by atoms with Gasteiger partial charge in [0, 0.05) is 18.3 Å². The van der Waals surface area contributed by atoms with Gasteiger partial charge in [0.25, 0.3) is 0 Å². The lowest BCUT2D eigenvalue weighted by molar-refractivity contribution is 0.494. The second-order valence-corrected chi connectivity index (χ2v) is 3.71. The minimum Gasteiger partial charge on any atom is -0.248 e. The fraction of sp³-hybridized carbons (Fsp3) is 0.667. The summed E-state index contributed by atoms with van der Waals surface area (Å²) in [5.41, 5.74) is 0. The summed E-state index contributed by atoms with van der Waals surface area (Å²) in [7, 11) is 0. The zero-order valence-electron chi connectivity index (χ0n) is 8.31. The molecule has 1 unspecified atom stereocenters. The highest BCUT2D eigenvalue weighted by atomic mass is 35.5. The van der Waals surface area contributed by atoms with Crippen LogP contribution in [-0.4, -0.2) is 20.6 Å². The Bertz CT molecular complexity index is 326. The van der Waals surface area contributed by atoms with E-state index in [2.05, 4.69) is 16.2 Å². The Morgan fingerprint density at radius 3 is 2.86 bits per heavy atom. The Morgan fingerprint density at radius 1 is 1.64 bits per heavy atom. The van der Waals surface area contributed by atoms with Gasteiger partial charge >= 0.3 is 0 Å². The van der Waals surface area contributed by atoms with E-state index in [0.29, 0.717) is 12.3 Å². The van der Waals surface area contributed by atoms with Gasteiger partial charge in [0.1, 0.15) is 12.2 Å². The maximum absolute atomic E-state index is 8.76. The van der Waals surface area contributed by atoms with Crippen molar-refractivity contribution in [2.45, 2.75) is 26.3 Å². The van der Waals surface area contributed by atoms with Gasteiger partial charge in [-0.05, 0) is 13.8 Å². The molecule has 0 spiro atoms. The lowest BCUT2D eigenvalue weighted by Gasteiger charge is -2.10. The number of hydrogen-bond donors (Lipinski definition) is 0. The lowest BCUT2D eigenvalue weighted by Crippen LogP contribution is -2.13. The predicted octanol–water partition coefficient (Wildman–Crippen LogP) is 1.78. The molecular weight excluding hydrogens is 200 g/mol. The molecule has 0 amide bonds. The van der Waals surface area contributed by atoms with E-state index < -0.39 is 0 Å². The van der Waals surface area contributed by atoms with Crippen LogP contribution in [0.15, 0.2) is 6.33 Å². The molecule has 0 bridgehead atoms. The number of nitrogens with zero attached hydrogens (tertiary/aromatic N) is 4. The van der Waals surface area contributed by atoms with Crippen LogP contribution in [-0.2, 0) is 6.42 Å². The minimum absolute atomic E-state index is 0.182. The zero-order valence-corrected chi connectivity index (χ0v) is 9.07. The molecule has 0 aromatic carbocycles. The van der Waals surface area contributed by atoms with E-state index in [9.17, 15) is 0 Å². The first-order chi connectivity index (χ1) is 6.69. The van der Waals surface area contributed by atoms with Crippen LogP contribution < -0.4 is 0 Å². The van der Waals surface area contributed by atoms with E-state index in [4.69, 9.17) is 16.9 Å². The van der Waals surface area contributed by atoms with Gasteiger partial charge in [-0.2, -0.15) is 10.4 Å². The molecule has 1 rings (SSSR count). The van der Waals surface area contributed by atoms with Crippen molar-refractivity contribution in [1.29, 1.82) is 5.26 Å². The highest BCUT2D eigenvalue weighted by Gasteiger charge is 2.13. The van der Waals surface area contributed by atoms with Crippen LogP contribution in [0.5, 0.6) is 0 Å². The molecule has 0 saturated carbocycles. The first-order valence-corrected chi connectivity index (χ1v) is 5.06. The Labute approximate surface area is 88.5 Å². The molecule has 0 saturated heterocycles. The summed E-state index contributed by atoms with van der Waals surface area (Å²) in [4.78, 5) is 4.12. The second-order valence-electron chi connectivity index (χ2n) is 3.40. The molecule has 0 N–H and O–H groups in total. The third-order valence-electron chi connectivity index (χ3n) is 1.93. The summed E-state index contributed by atoms with van der Waals surface area (Å²) in [6.45, 7) is 4.06. The summed E-state index contributed by atoms with van der Waals surface area (Å²) < 4.78 is 1.82. The summed E-state index contributed by atoms with van der Waals surface area (Å²) in [6, 6.07) is 2.41. The van der Waals surface area contributed by atoms with Crippen LogP contribution in [0.2, 0.25) is 0 Å². The summed E-state index contributed by atoms with van der Waals surface area (Å²) in [5.74, 6) is 0.979. The van der Waals surface area contributed by atoms with E-state index in [-0.39, 0.29) is 12.0 Å². The normalized spacial score (nSPS) is 12.8. The molecule has 1 atom stereocenters. The molecule has 5 heteroatoms. The van der Waals surface area contributed by atoms with Gasteiger partial charge in [-0.1, -0.05) is 0 Å². The number of nitriles is 1. The quantitative estimate of drug-likeness (QED) is 0.715. The molecule has 1 aromatic heterocycles. The van der Waals surface area contributed by atoms with Crippen LogP contribution in [0, 0.1) is 17.2 Å². The Hall–Kier alpha value is -1.08. The zero-order chi connectivity index (χ0) is 10.6. The van der Waals surface area contributed by atoms with Gasteiger partial charge in [-0.15, -0.1) is 11.6 Å². The molecule has 14 heavy (non-hydrogen) atoms. The van der Waals surface area contributed by atoms with Crippen molar-refractivity contribution in [3.8, 4) is 6.07 Å². The van der Waals surface area contributed by atoms with E-state index in [1.807, 2.05) is 18.5 Å². The van der Waals surface area contributed by atoms with Gasteiger partial charge in [0.15, 0.2) is 0 Å². The standard InChI is InChI=1S/C9H13ClN4/c1-7(2)14-9(12-6-13-14)3-8(4-10)5-11/h6-8H,3-4H2,1-2H3. The Balaban J connectivity index is 2.76. The largest absolute Gasteiger partial charge is 0.248 e. The van der Waals surface area contributed by atoms with Crippen molar-refractivity contribution >= 4 is 11.6 Å². The predicted molar refractivity (Wildman–Crippen MR) is 53.9 cm³/mol. The topological polar surface area (TPSA) is 54.5 Å². The average Bonchev–Trinajstić information content (AvgIpc) is 2.62. The Morgan fingerprint density at radius 2 is 2.36 bits per heavy atom. The Kier molecular flexibility index (Phi) is 3.90. The van der Waals surface area contributed by atoms with Crippen molar-refractivity contribution < 1.29 is 0 Å². The molecule has 0 radical (unpaired) electrons. The first-order valence-electron chi connectivity index (χ1n) is 4.53. The maximum atomic E-state index is 8.76. The van der Waals surface area contributed by atoms with Crippen LogP contribution in [0.4, 0.5) is 0 Å². The maximum Gasteiger partial charge on any atom is 0.138 e. The number of halogens is 1. The molecule has 0 aliphatic rings. The molecule has 1 aromatic rings. The lowest BCUT2D eigenvalue weighted by atomic mass is 10.1. The van der Waals surface area contributed by atoms with E-state index in [1.54, 1.807) is 0 Å². The second kappa shape index (κ2) is 4.97. The van der Waals surface area contributed by atoms with Crippen molar-refractivity contribution in [3.63, 3.8) is 0 Å². The van der Waals surface area contributed by atoms with Crippen LogP contribution in [0.3, 0.4) is 0 Å². The van der Waals surface area contributed by atoms with Crippen molar-refractivity contribution in [2.75, 3.05) is 5.88 Å². The third-order valence-corrected chi connectivity index (χ3v) is 2.31.